The molecule has 2 aromatic rings. The molecule has 4 nitrogen and oxygen atoms in total. The standard InChI is InChI=1S/C11H13FN4/c1-7(13)11-14-10(15-16-11)6-8-3-2-4-9(12)5-8/h2-5,7H,6,13H2,1H3,(H,14,15,16). The molecule has 0 saturated heterocycles. The lowest BCUT2D eigenvalue weighted by Gasteiger charge is -1.98. The van der Waals surface area contributed by atoms with Gasteiger partial charge in [0.2, 0.25) is 0 Å². The molecule has 0 fully saturated rings. The van der Waals surface area contributed by atoms with Gasteiger partial charge in [0.1, 0.15) is 11.6 Å². The van der Waals surface area contributed by atoms with Crippen LogP contribution in [0.25, 0.3) is 0 Å². The Morgan fingerprint density at radius 1 is 1.50 bits per heavy atom. The second kappa shape index (κ2) is 4.40. The maximum Gasteiger partial charge on any atom is 0.167 e. The summed E-state index contributed by atoms with van der Waals surface area (Å²) in [5.74, 6) is 1.02. The van der Waals surface area contributed by atoms with E-state index in [1.807, 2.05) is 13.0 Å². The minimum absolute atomic E-state index is 0.197. The molecule has 16 heavy (non-hydrogen) atoms. The van der Waals surface area contributed by atoms with Crippen LogP contribution in [0.15, 0.2) is 24.3 Å². The molecule has 0 aliphatic rings. The predicted molar refractivity (Wildman–Crippen MR) is 58.2 cm³/mol. The van der Waals surface area contributed by atoms with Gasteiger partial charge >= 0.3 is 0 Å². The summed E-state index contributed by atoms with van der Waals surface area (Å²) < 4.78 is 12.9. The predicted octanol–water partition coefficient (Wildman–Crippen LogP) is 1.55. The molecular formula is C11H13FN4. The Kier molecular flexibility index (Phi) is 2.96. The van der Waals surface area contributed by atoms with Crippen molar-refractivity contribution in [3.05, 3.63) is 47.3 Å². The Morgan fingerprint density at radius 3 is 2.94 bits per heavy atom. The van der Waals surface area contributed by atoms with Gasteiger partial charge in [0, 0.05) is 6.42 Å². The summed E-state index contributed by atoms with van der Waals surface area (Å²) in [6.07, 6.45) is 0.525. The lowest BCUT2D eigenvalue weighted by molar-refractivity contribution is 0.626. The van der Waals surface area contributed by atoms with Crippen LogP contribution < -0.4 is 5.73 Å². The van der Waals surface area contributed by atoms with Crippen molar-refractivity contribution in [2.75, 3.05) is 0 Å². The number of rotatable bonds is 3. The fourth-order valence-corrected chi connectivity index (χ4v) is 1.43. The second-order valence-electron chi connectivity index (χ2n) is 3.74. The van der Waals surface area contributed by atoms with Crippen molar-refractivity contribution in [3.8, 4) is 0 Å². The molecule has 1 unspecified atom stereocenters. The molecule has 1 atom stereocenters. The van der Waals surface area contributed by atoms with Crippen molar-refractivity contribution in [2.45, 2.75) is 19.4 Å². The van der Waals surface area contributed by atoms with E-state index in [4.69, 9.17) is 5.73 Å². The Balaban J connectivity index is 2.14. The Labute approximate surface area is 92.7 Å². The summed E-state index contributed by atoms with van der Waals surface area (Å²) >= 11 is 0. The largest absolute Gasteiger partial charge is 0.321 e. The Bertz CT molecular complexity index is 478. The van der Waals surface area contributed by atoms with E-state index in [2.05, 4.69) is 15.2 Å². The zero-order valence-corrected chi connectivity index (χ0v) is 8.94. The summed E-state index contributed by atoms with van der Waals surface area (Å²) in [4.78, 5) is 4.22. The molecule has 2 rings (SSSR count). The molecule has 0 aliphatic heterocycles. The van der Waals surface area contributed by atoms with Gasteiger partial charge in [-0.2, -0.15) is 5.10 Å². The van der Waals surface area contributed by atoms with E-state index < -0.39 is 0 Å². The summed E-state index contributed by atoms with van der Waals surface area (Å²) in [6.45, 7) is 1.81. The van der Waals surface area contributed by atoms with Crippen LogP contribution in [-0.2, 0) is 6.42 Å². The van der Waals surface area contributed by atoms with Crippen molar-refractivity contribution in [2.24, 2.45) is 5.73 Å². The lowest BCUT2D eigenvalue weighted by Crippen LogP contribution is -2.06. The van der Waals surface area contributed by atoms with E-state index in [1.165, 1.54) is 12.1 Å². The smallest absolute Gasteiger partial charge is 0.167 e. The van der Waals surface area contributed by atoms with Crippen molar-refractivity contribution in [1.82, 2.24) is 15.2 Å². The number of aromatic nitrogens is 3. The number of H-pyrrole nitrogens is 1. The third kappa shape index (κ3) is 2.43. The number of hydrogen-bond acceptors (Lipinski definition) is 3. The van der Waals surface area contributed by atoms with Gasteiger partial charge in [-0.15, -0.1) is 0 Å². The first-order chi connectivity index (χ1) is 7.65. The summed E-state index contributed by atoms with van der Waals surface area (Å²) in [6, 6.07) is 6.22. The number of hydrogen-bond donors (Lipinski definition) is 2. The minimum Gasteiger partial charge on any atom is -0.321 e. The molecule has 84 valence electrons. The number of nitrogens with one attached hydrogen (secondary N) is 1. The number of halogens is 1. The molecule has 0 saturated carbocycles. The normalized spacial score (nSPS) is 12.7. The molecule has 3 N–H and O–H groups in total. The van der Waals surface area contributed by atoms with Crippen LogP contribution in [0.2, 0.25) is 0 Å². The van der Waals surface area contributed by atoms with Gasteiger partial charge in [0.25, 0.3) is 0 Å². The molecule has 0 aliphatic carbocycles. The maximum atomic E-state index is 12.9. The van der Waals surface area contributed by atoms with Crippen molar-refractivity contribution < 1.29 is 4.39 Å². The van der Waals surface area contributed by atoms with Crippen molar-refractivity contribution in [3.63, 3.8) is 0 Å². The van der Waals surface area contributed by atoms with Crippen LogP contribution in [0.4, 0.5) is 4.39 Å². The van der Waals surface area contributed by atoms with Gasteiger partial charge in [-0.25, -0.2) is 9.37 Å². The highest BCUT2D eigenvalue weighted by Gasteiger charge is 2.07. The highest BCUT2D eigenvalue weighted by Crippen LogP contribution is 2.09. The quantitative estimate of drug-likeness (QED) is 0.824. The molecule has 1 aromatic carbocycles. The molecule has 5 heteroatoms. The van der Waals surface area contributed by atoms with Crippen LogP contribution in [-0.4, -0.2) is 15.2 Å². The maximum absolute atomic E-state index is 12.9. The van der Waals surface area contributed by atoms with E-state index in [9.17, 15) is 4.39 Å². The Hall–Kier alpha value is -1.75. The van der Waals surface area contributed by atoms with Crippen LogP contribution in [0.5, 0.6) is 0 Å². The Morgan fingerprint density at radius 2 is 2.31 bits per heavy atom. The van der Waals surface area contributed by atoms with Crippen LogP contribution >= 0.6 is 0 Å². The zero-order chi connectivity index (χ0) is 11.5. The SMILES string of the molecule is CC(N)c1n[nH]c(Cc2cccc(F)c2)n1. The first kappa shape index (κ1) is 10.8. The van der Waals surface area contributed by atoms with Crippen LogP contribution in [0.3, 0.4) is 0 Å². The van der Waals surface area contributed by atoms with Gasteiger partial charge < -0.3 is 5.73 Å². The van der Waals surface area contributed by atoms with Crippen molar-refractivity contribution >= 4 is 0 Å². The van der Waals surface area contributed by atoms with E-state index in [0.717, 1.165) is 5.56 Å². The monoisotopic (exact) mass is 220 g/mol. The first-order valence-corrected chi connectivity index (χ1v) is 5.06. The average molecular weight is 220 g/mol. The molecule has 1 heterocycles. The number of aromatic amines is 1. The van der Waals surface area contributed by atoms with E-state index in [0.29, 0.717) is 18.1 Å². The average Bonchev–Trinajstić information content (AvgIpc) is 2.66. The molecule has 1 aromatic heterocycles. The topological polar surface area (TPSA) is 67.6 Å². The fraction of sp³-hybridized carbons (Fsp3) is 0.273. The summed E-state index contributed by atoms with van der Waals surface area (Å²) in [5, 5.41) is 6.77. The van der Waals surface area contributed by atoms with Gasteiger partial charge in [-0.1, -0.05) is 12.1 Å². The van der Waals surface area contributed by atoms with Crippen LogP contribution in [0, 0.1) is 5.82 Å². The zero-order valence-electron chi connectivity index (χ0n) is 8.94. The van der Waals surface area contributed by atoms with Crippen molar-refractivity contribution in [1.29, 1.82) is 0 Å². The molecule has 0 spiro atoms. The third-order valence-corrected chi connectivity index (χ3v) is 2.22. The summed E-state index contributed by atoms with van der Waals surface area (Å²) in [7, 11) is 0. The van der Waals surface area contributed by atoms with E-state index in [1.54, 1.807) is 6.07 Å². The number of benzene rings is 1. The molecule has 0 amide bonds. The van der Waals surface area contributed by atoms with Gasteiger partial charge in [0.15, 0.2) is 5.82 Å². The number of nitrogens with two attached hydrogens (primary N) is 1. The van der Waals surface area contributed by atoms with Gasteiger partial charge in [0.05, 0.1) is 6.04 Å². The van der Waals surface area contributed by atoms with Gasteiger partial charge in [-0.05, 0) is 24.6 Å². The minimum atomic E-state index is -0.246. The molecular weight excluding hydrogens is 207 g/mol. The first-order valence-electron chi connectivity index (χ1n) is 5.06. The molecule has 0 bridgehead atoms. The van der Waals surface area contributed by atoms with E-state index in [-0.39, 0.29) is 11.9 Å². The second-order valence-corrected chi connectivity index (χ2v) is 3.74. The highest BCUT2D eigenvalue weighted by molar-refractivity contribution is 5.20. The highest BCUT2D eigenvalue weighted by atomic mass is 19.1. The lowest BCUT2D eigenvalue weighted by atomic mass is 10.1. The van der Waals surface area contributed by atoms with Gasteiger partial charge in [-0.3, -0.25) is 5.10 Å². The molecule has 0 radical (unpaired) electrons. The third-order valence-electron chi connectivity index (χ3n) is 2.22. The fourth-order valence-electron chi connectivity index (χ4n) is 1.43. The number of nitrogens with zero attached hydrogens (tertiary/aromatic N) is 2. The summed E-state index contributed by atoms with van der Waals surface area (Å²) in [5.41, 5.74) is 6.49. The van der Waals surface area contributed by atoms with E-state index >= 15 is 0 Å². The van der Waals surface area contributed by atoms with Crippen LogP contribution in [0.1, 0.15) is 30.2 Å².